The molecule has 200 valence electrons. The first-order valence-corrected chi connectivity index (χ1v) is 13.6. The van der Waals surface area contributed by atoms with Crippen LogP contribution in [0.25, 0.3) is 0 Å². The van der Waals surface area contributed by atoms with Crippen molar-refractivity contribution in [1.82, 2.24) is 31.2 Å². The summed E-state index contributed by atoms with van der Waals surface area (Å²) in [7, 11) is 0. The molecule has 1 aromatic heterocycles. The van der Waals surface area contributed by atoms with Crippen molar-refractivity contribution in [1.29, 1.82) is 0 Å². The van der Waals surface area contributed by atoms with Gasteiger partial charge in [0.2, 0.25) is 17.7 Å². The second-order valence-corrected chi connectivity index (χ2v) is 9.91. The predicted octanol–water partition coefficient (Wildman–Crippen LogP) is 0.239. The van der Waals surface area contributed by atoms with Crippen LogP contribution >= 0.6 is 11.8 Å². The lowest BCUT2D eigenvalue weighted by molar-refractivity contribution is -0.142. The number of carbonyl (C=O) groups excluding carboxylic acids is 3. The highest BCUT2D eigenvalue weighted by atomic mass is 32.2. The van der Waals surface area contributed by atoms with Crippen molar-refractivity contribution < 1.29 is 24.3 Å². The van der Waals surface area contributed by atoms with Gasteiger partial charge in [0.25, 0.3) is 0 Å². The molecule has 0 radical (unpaired) electrons. The Hall–Kier alpha value is -3.38. The lowest BCUT2D eigenvalue weighted by atomic mass is 10.0. The second-order valence-electron chi connectivity index (χ2n) is 8.92. The van der Waals surface area contributed by atoms with Gasteiger partial charge in [-0.2, -0.15) is 11.8 Å². The molecular weight excluding hydrogens is 496 g/mol. The van der Waals surface area contributed by atoms with Crippen LogP contribution in [-0.4, -0.2) is 81.5 Å². The van der Waals surface area contributed by atoms with Crippen LogP contribution in [0.2, 0.25) is 0 Å². The number of amides is 3. The van der Waals surface area contributed by atoms with E-state index in [1.165, 1.54) is 18.1 Å². The summed E-state index contributed by atoms with van der Waals surface area (Å²) in [6.07, 6.45) is 7.01. The van der Waals surface area contributed by atoms with E-state index in [1.54, 1.807) is 6.20 Å². The van der Waals surface area contributed by atoms with Crippen LogP contribution in [0.5, 0.6) is 0 Å². The van der Waals surface area contributed by atoms with Crippen LogP contribution in [0.1, 0.15) is 30.5 Å². The minimum Gasteiger partial charge on any atom is -0.480 e. The van der Waals surface area contributed by atoms with Crippen molar-refractivity contribution in [3.63, 3.8) is 0 Å². The number of nitrogens with zero attached hydrogens (tertiary/aromatic N) is 1. The molecule has 0 saturated carbocycles. The van der Waals surface area contributed by atoms with Crippen molar-refractivity contribution >= 4 is 35.5 Å². The zero-order valence-corrected chi connectivity index (χ0v) is 21.6. The highest BCUT2D eigenvalue weighted by Crippen LogP contribution is 2.09. The van der Waals surface area contributed by atoms with Crippen molar-refractivity contribution in [3.8, 4) is 0 Å². The van der Waals surface area contributed by atoms with Crippen LogP contribution in [0.3, 0.4) is 0 Å². The fourth-order valence-corrected chi connectivity index (χ4v) is 4.57. The van der Waals surface area contributed by atoms with Gasteiger partial charge in [-0.15, -0.1) is 0 Å². The van der Waals surface area contributed by atoms with Gasteiger partial charge in [0.15, 0.2) is 0 Å². The van der Waals surface area contributed by atoms with Crippen LogP contribution < -0.4 is 21.3 Å². The third-order valence-corrected chi connectivity index (χ3v) is 6.77. The lowest BCUT2D eigenvalue weighted by Crippen LogP contribution is -2.58. The van der Waals surface area contributed by atoms with E-state index in [0.29, 0.717) is 17.9 Å². The van der Waals surface area contributed by atoms with Crippen LogP contribution in [0, 0.1) is 0 Å². The molecule has 1 aromatic carbocycles. The molecule has 6 N–H and O–H groups in total. The van der Waals surface area contributed by atoms with Crippen LogP contribution in [-0.2, 0) is 32.0 Å². The maximum Gasteiger partial charge on any atom is 0.326 e. The summed E-state index contributed by atoms with van der Waals surface area (Å²) in [4.78, 5) is 58.1. The molecule has 0 aliphatic carbocycles. The van der Waals surface area contributed by atoms with E-state index in [4.69, 9.17) is 0 Å². The molecule has 11 nitrogen and oxygen atoms in total. The molecule has 1 aliphatic rings. The number of aromatic amines is 1. The van der Waals surface area contributed by atoms with Gasteiger partial charge in [-0.25, -0.2) is 9.78 Å². The molecule has 3 rings (SSSR count). The van der Waals surface area contributed by atoms with Gasteiger partial charge in [0.1, 0.15) is 18.1 Å². The van der Waals surface area contributed by atoms with Gasteiger partial charge < -0.3 is 31.4 Å². The number of hydrogen-bond acceptors (Lipinski definition) is 7. The molecule has 2 aromatic rings. The summed E-state index contributed by atoms with van der Waals surface area (Å²) in [5.74, 6) is -2.02. The van der Waals surface area contributed by atoms with E-state index in [0.717, 1.165) is 18.5 Å². The number of aliphatic carboxylic acids is 1. The van der Waals surface area contributed by atoms with Crippen molar-refractivity contribution in [3.05, 3.63) is 54.1 Å². The number of nitrogens with one attached hydrogen (secondary N) is 5. The molecular formula is C25H34N6O5S. The van der Waals surface area contributed by atoms with Gasteiger partial charge in [0, 0.05) is 24.7 Å². The van der Waals surface area contributed by atoms with Crippen molar-refractivity contribution in [2.75, 3.05) is 18.6 Å². The van der Waals surface area contributed by atoms with Crippen LogP contribution in [0.15, 0.2) is 42.9 Å². The summed E-state index contributed by atoms with van der Waals surface area (Å²) in [5, 5.41) is 20.8. The Labute approximate surface area is 220 Å². The van der Waals surface area contributed by atoms with E-state index in [9.17, 15) is 24.3 Å². The number of carboxylic acids is 1. The quantitative estimate of drug-likeness (QED) is 0.202. The van der Waals surface area contributed by atoms with Gasteiger partial charge in [-0.3, -0.25) is 14.4 Å². The standard InChI is InChI=1S/C25H34N6O5S/c1-37-11-9-19(25(35)36)29-23(33)20(12-16-6-3-2-4-7-16)30-24(34)21(13-17-14-26-15-28-17)31-22(32)18-8-5-10-27-18/h2-4,6-7,14-15,18-21,27H,5,8-13H2,1H3,(H,26,28)(H,29,33)(H,30,34)(H,31,32)(H,35,36). The fourth-order valence-electron chi connectivity index (χ4n) is 4.10. The Balaban J connectivity index is 1.77. The molecule has 1 aliphatic heterocycles. The molecule has 37 heavy (non-hydrogen) atoms. The average Bonchev–Trinajstić information content (AvgIpc) is 3.61. The van der Waals surface area contributed by atoms with E-state index in [1.807, 2.05) is 36.6 Å². The monoisotopic (exact) mass is 530 g/mol. The summed E-state index contributed by atoms with van der Waals surface area (Å²) in [6, 6.07) is 5.66. The van der Waals surface area contributed by atoms with E-state index in [-0.39, 0.29) is 31.2 Å². The van der Waals surface area contributed by atoms with Crippen LogP contribution in [0.4, 0.5) is 0 Å². The normalized spacial score (nSPS) is 17.4. The highest BCUT2D eigenvalue weighted by molar-refractivity contribution is 7.98. The van der Waals surface area contributed by atoms with Gasteiger partial charge in [0.05, 0.1) is 12.4 Å². The van der Waals surface area contributed by atoms with Crippen molar-refractivity contribution in [2.45, 2.75) is 56.3 Å². The largest absolute Gasteiger partial charge is 0.480 e. The predicted molar refractivity (Wildman–Crippen MR) is 140 cm³/mol. The molecule has 4 atom stereocenters. The molecule has 1 saturated heterocycles. The molecule has 2 heterocycles. The van der Waals surface area contributed by atoms with E-state index >= 15 is 0 Å². The zero-order chi connectivity index (χ0) is 26.6. The maximum absolute atomic E-state index is 13.4. The summed E-state index contributed by atoms with van der Waals surface area (Å²) in [6.45, 7) is 0.732. The maximum atomic E-state index is 13.4. The first-order valence-electron chi connectivity index (χ1n) is 12.2. The van der Waals surface area contributed by atoms with E-state index in [2.05, 4.69) is 31.2 Å². The number of H-pyrrole nitrogens is 1. The molecule has 3 amide bonds. The first kappa shape index (κ1) is 28.2. The average molecular weight is 531 g/mol. The number of benzene rings is 1. The Kier molecular flexibility index (Phi) is 11.0. The van der Waals surface area contributed by atoms with Crippen molar-refractivity contribution in [2.24, 2.45) is 0 Å². The number of imidazole rings is 1. The topological polar surface area (TPSA) is 165 Å². The van der Waals surface area contributed by atoms with Gasteiger partial charge in [-0.1, -0.05) is 30.3 Å². The molecule has 12 heteroatoms. The first-order chi connectivity index (χ1) is 17.9. The SMILES string of the molecule is CSCCC(NC(=O)C(Cc1ccccc1)NC(=O)C(Cc1cnc[nH]1)NC(=O)C1CCCN1)C(=O)O. The summed E-state index contributed by atoms with van der Waals surface area (Å²) < 4.78 is 0. The van der Waals surface area contributed by atoms with E-state index < -0.39 is 35.9 Å². The smallest absolute Gasteiger partial charge is 0.326 e. The number of carboxylic acid groups (broad SMARTS) is 1. The Morgan fingerprint density at radius 1 is 1.05 bits per heavy atom. The minimum atomic E-state index is -1.14. The zero-order valence-electron chi connectivity index (χ0n) is 20.7. The highest BCUT2D eigenvalue weighted by Gasteiger charge is 2.32. The number of thioether (sulfide) groups is 1. The molecule has 0 spiro atoms. The fraction of sp³-hybridized carbons (Fsp3) is 0.480. The number of hydrogen-bond donors (Lipinski definition) is 6. The molecule has 1 fully saturated rings. The number of rotatable bonds is 14. The minimum absolute atomic E-state index is 0.148. The van der Waals surface area contributed by atoms with Gasteiger partial charge in [-0.05, 0) is 43.4 Å². The van der Waals surface area contributed by atoms with Gasteiger partial charge >= 0.3 is 5.97 Å². The third kappa shape index (κ3) is 8.90. The lowest BCUT2D eigenvalue weighted by Gasteiger charge is -2.25. The Bertz CT molecular complexity index is 1030. The number of carbonyl (C=O) groups is 4. The Morgan fingerprint density at radius 3 is 2.35 bits per heavy atom. The Morgan fingerprint density at radius 2 is 1.76 bits per heavy atom. The number of aromatic nitrogens is 2. The summed E-state index contributed by atoms with van der Waals surface area (Å²) in [5.41, 5.74) is 1.44. The molecule has 0 bridgehead atoms. The summed E-state index contributed by atoms with van der Waals surface area (Å²) >= 11 is 1.48. The molecule has 4 unspecified atom stereocenters. The second kappa shape index (κ2) is 14.4. The third-order valence-electron chi connectivity index (χ3n) is 6.13.